The number of ether oxygens (including phenoxy) is 2. The Morgan fingerprint density at radius 2 is 1.67 bits per heavy atom. The van der Waals surface area contributed by atoms with E-state index in [0.29, 0.717) is 37.7 Å². The number of rotatable bonds is 6. The lowest BCUT2D eigenvalue weighted by atomic mass is 9.50. The third-order valence-corrected chi connectivity index (χ3v) is 9.75. The van der Waals surface area contributed by atoms with Crippen LogP contribution in [0.3, 0.4) is 0 Å². The first-order valence-electron chi connectivity index (χ1n) is 13.9. The summed E-state index contributed by atoms with van der Waals surface area (Å²) >= 11 is 0. The first-order chi connectivity index (χ1) is 18.5. The van der Waals surface area contributed by atoms with Gasteiger partial charge in [-0.3, -0.25) is 24.0 Å². The van der Waals surface area contributed by atoms with Gasteiger partial charge in [-0.25, -0.2) is 0 Å². The van der Waals surface area contributed by atoms with Gasteiger partial charge in [-0.1, -0.05) is 36.8 Å². The Morgan fingerprint density at radius 1 is 0.949 bits per heavy atom. The van der Waals surface area contributed by atoms with E-state index in [-0.39, 0.29) is 35.1 Å². The van der Waals surface area contributed by atoms with Crippen molar-refractivity contribution in [2.45, 2.75) is 84.2 Å². The van der Waals surface area contributed by atoms with Gasteiger partial charge in [-0.15, -0.1) is 0 Å². The Bertz CT molecular complexity index is 1320. The Morgan fingerprint density at radius 3 is 2.31 bits per heavy atom. The average Bonchev–Trinajstić information content (AvgIpc) is 3.18. The van der Waals surface area contributed by atoms with Crippen LogP contribution in [0.25, 0.3) is 0 Å². The molecule has 2 fully saturated rings. The maximum absolute atomic E-state index is 13.8. The Balaban J connectivity index is 1.66. The minimum atomic E-state index is -1.40. The second-order valence-corrected chi connectivity index (χ2v) is 11.8. The lowest BCUT2D eigenvalue weighted by Gasteiger charge is -2.55. The minimum absolute atomic E-state index is 0.00783. The number of fused-ring (bicyclic) bond motifs is 4. The van der Waals surface area contributed by atoms with Gasteiger partial charge in [0.05, 0.1) is 0 Å². The predicted octanol–water partition coefficient (Wildman–Crippen LogP) is 5.22. The molecule has 4 aliphatic carbocycles. The summed E-state index contributed by atoms with van der Waals surface area (Å²) in [4.78, 5) is 62.1. The minimum Gasteiger partial charge on any atom is -0.458 e. The van der Waals surface area contributed by atoms with Gasteiger partial charge in [-0.2, -0.15) is 0 Å². The highest BCUT2D eigenvalue weighted by Crippen LogP contribution is 2.67. The lowest BCUT2D eigenvalue weighted by molar-refractivity contribution is -0.186. The van der Waals surface area contributed by atoms with E-state index in [1.807, 2.05) is 30.3 Å². The van der Waals surface area contributed by atoms with E-state index in [1.165, 1.54) is 25.0 Å². The van der Waals surface area contributed by atoms with Crippen LogP contribution in [0.15, 0.2) is 47.1 Å². The normalized spacial score (nSPS) is 31.4. The highest BCUT2D eigenvalue weighted by molar-refractivity contribution is 5.95. The summed E-state index contributed by atoms with van der Waals surface area (Å²) < 4.78 is 11.1. The highest BCUT2D eigenvalue weighted by atomic mass is 16.6. The Kier molecular flexibility index (Phi) is 6.98. The average molecular weight is 533 g/mol. The van der Waals surface area contributed by atoms with Crippen molar-refractivity contribution in [3.63, 3.8) is 0 Å². The molecule has 0 aromatic heterocycles. The molecule has 0 radical (unpaired) electrons. The van der Waals surface area contributed by atoms with Crippen molar-refractivity contribution in [1.29, 1.82) is 0 Å². The van der Waals surface area contributed by atoms with Crippen LogP contribution in [-0.4, -0.2) is 41.5 Å². The monoisotopic (exact) mass is 532 g/mol. The van der Waals surface area contributed by atoms with Crippen molar-refractivity contribution in [2.24, 2.45) is 17.3 Å². The number of benzene rings is 1. The molecule has 5 rings (SSSR count). The van der Waals surface area contributed by atoms with Gasteiger partial charge in [-0.05, 0) is 80.1 Å². The summed E-state index contributed by atoms with van der Waals surface area (Å²) in [6.45, 7) is 5.75. The van der Waals surface area contributed by atoms with E-state index >= 15 is 0 Å². The molecule has 0 bridgehead atoms. The van der Waals surface area contributed by atoms with Gasteiger partial charge in [0.2, 0.25) is 5.78 Å². The number of carbonyl (C=O) groups excluding carboxylic acids is 5. The van der Waals surface area contributed by atoms with E-state index in [0.717, 1.165) is 24.0 Å². The number of hydrogen-bond acceptors (Lipinski definition) is 7. The summed E-state index contributed by atoms with van der Waals surface area (Å²) in [6.07, 6.45) is 6.33. The first-order valence-corrected chi connectivity index (χ1v) is 13.9. The quantitative estimate of drug-likeness (QED) is 0.365. The van der Waals surface area contributed by atoms with Crippen LogP contribution in [0.4, 0.5) is 0 Å². The number of carbonyl (C=O) groups is 5. The van der Waals surface area contributed by atoms with Crippen molar-refractivity contribution in [3.05, 3.63) is 58.2 Å². The molecule has 0 aliphatic heterocycles. The summed E-state index contributed by atoms with van der Waals surface area (Å²) in [6, 6.07) is 7.67. The van der Waals surface area contributed by atoms with Crippen molar-refractivity contribution in [3.8, 4) is 0 Å². The van der Waals surface area contributed by atoms with Crippen molar-refractivity contribution in [2.75, 3.05) is 6.61 Å². The Labute approximate surface area is 229 Å². The molecule has 0 amide bonds. The van der Waals surface area contributed by atoms with Crippen LogP contribution in [0.2, 0.25) is 0 Å². The molecule has 1 aromatic carbocycles. The maximum Gasteiger partial charge on any atom is 0.303 e. The highest BCUT2D eigenvalue weighted by Gasteiger charge is 2.68. The zero-order valence-electron chi connectivity index (χ0n) is 23.1. The van der Waals surface area contributed by atoms with Crippen LogP contribution < -0.4 is 0 Å². The molecule has 5 atom stereocenters. The molecule has 0 N–H and O–H groups in total. The van der Waals surface area contributed by atoms with Crippen molar-refractivity contribution in [1.82, 2.24) is 0 Å². The molecule has 2 saturated carbocycles. The second-order valence-electron chi connectivity index (χ2n) is 11.8. The van der Waals surface area contributed by atoms with Crippen LogP contribution in [-0.2, 0) is 28.7 Å². The van der Waals surface area contributed by atoms with Gasteiger partial charge >= 0.3 is 11.9 Å². The van der Waals surface area contributed by atoms with Gasteiger partial charge in [0.25, 0.3) is 0 Å². The van der Waals surface area contributed by atoms with Gasteiger partial charge < -0.3 is 9.47 Å². The third-order valence-electron chi connectivity index (χ3n) is 9.75. The van der Waals surface area contributed by atoms with Gasteiger partial charge in [0, 0.05) is 37.2 Å². The molecule has 0 spiro atoms. The number of allylic oxidation sites excluding steroid dienone is 4. The largest absolute Gasteiger partial charge is 0.458 e. The summed E-state index contributed by atoms with van der Waals surface area (Å²) in [5.41, 5.74) is 3.31. The fourth-order valence-electron chi connectivity index (χ4n) is 8.11. The summed E-state index contributed by atoms with van der Waals surface area (Å²) in [5, 5.41) is 0. The molecule has 0 saturated heterocycles. The van der Waals surface area contributed by atoms with Crippen molar-refractivity contribution < 1.29 is 33.4 Å². The van der Waals surface area contributed by atoms with Crippen molar-refractivity contribution >= 4 is 29.3 Å². The van der Waals surface area contributed by atoms with Gasteiger partial charge in [0.15, 0.2) is 23.8 Å². The standard InChI is InChI=1S/C32H36O7/c1-18(33)21-5-7-22(8-6-21)27-16-31(4)28(26-11-9-23-15-24(36)10-12-25(23)30(26)27)13-14-32(31,39-20(3)35)29(37)17-38-19(2)34/h5-8,15,26-28H,9-14,16-17H2,1-4H3/t26-,27+,28-,31-,32-/m0/s1. The molecule has 7 nitrogen and oxygen atoms in total. The van der Waals surface area contributed by atoms with E-state index in [9.17, 15) is 24.0 Å². The fourth-order valence-corrected chi connectivity index (χ4v) is 8.11. The lowest BCUT2D eigenvalue weighted by Crippen LogP contribution is -2.58. The zero-order chi connectivity index (χ0) is 28.1. The number of Topliss-reactive ketones (excluding diaryl/α,β-unsaturated/α-hetero) is 2. The molecule has 39 heavy (non-hydrogen) atoms. The molecule has 4 aliphatic rings. The van der Waals surface area contributed by atoms with Crippen LogP contribution in [0, 0.1) is 17.3 Å². The zero-order valence-corrected chi connectivity index (χ0v) is 23.1. The SMILES string of the molecule is CC(=O)OCC(=O)[C@@]1(OC(C)=O)CC[C@H]2[C@@H]3CCC4=CC(=O)CCC4=C3[C@@H](c3ccc(C(C)=O)cc3)C[C@@]21C. The van der Waals surface area contributed by atoms with E-state index < -0.39 is 29.6 Å². The van der Waals surface area contributed by atoms with Crippen LogP contribution in [0.5, 0.6) is 0 Å². The summed E-state index contributed by atoms with van der Waals surface area (Å²) in [7, 11) is 0. The second kappa shape index (κ2) is 10.00. The van der Waals surface area contributed by atoms with Crippen LogP contribution >= 0.6 is 0 Å². The smallest absolute Gasteiger partial charge is 0.303 e. The Hall–Kier alpha value is -3.35. The molecule has 7 heteroatoms. The van der Waals surface area contributed by atoms with Gasteiger partial charge in [0.1, 0.15) is 0 Å². The third kappa shape index (κ3) is 4.50. The number of ketones is 3. The van der Waals surface area contributed by atoms with E-state index in [1.54, 1.807) is 6.92 Å². The van der Waals surface area contributed by atoms with E-state index in [4.69, 9.17) is 9.47 Å². The molecule has 0 heterocycles. The first kappa shape index (κ1) is 27.2. The number of esters is 2. The fraction of sp³-hybridized carbons (Fsp3) is 0.531. The molecular formula is C32H36O7. The van der Waals surface area contributed by atoms with Crippen LogP contribution in [0.1, 0.15) is 94.5 Å². The summed E-state index contributed by atoms with van der Waals surface area (Å²) in [5.74, 6) is -1.11. The predicted molar refractivity (Wildman–Crippen MR) is 143 cm³/mol. The number of hydrogen-bond donors (Lipinski definition) is 0. The molecule has 1 aromatic rings. The molecular weight excluding hydrogens is 496 g/mol. The maximum atomic E-state index is 13.8. The van der Waals surface area contributed by atoms with E-state index in [2.05, 4.69) is 6.92 Å². The topological polar surface area (TPSA) is 104 Å². The molecule has 206 valence electrons. The molecule has 0 unspecified atom stereocenters.